The van der Waals surface area contributed by atoms with Crippen LogP contribution in [-0.4, -0.2) is 39.8 Å². The van der Waals surface area contributed by atoms with Crippen molar-refractivity contribution in [3.63, 3.8) is 0 Å². The summed E-state index contributed by atoms with van der Waals surface area (Å²) in [5, 5.41) is 8.67. The fourth-order valence-electron chi connectivity index (χ4n) is 3.14. The van der Waals surface area contributed by atoms with Crippen molar-refractivity contribution in [1.29, 1.82) is 0 Å². The normalized spacial score (nSPS) is 12.9. The Morgan fingerprint density at radius 2 is 1.71 bits per heavy atom. The fourth-order valence-corrected chi connectivity index (χ4v) is 4.56. The minimum Gasteiger partial charge on any atom is -0.493 e. The number of halogens is 4. The van der Waals surface area contributed by atoms with E-state index in [2.05, 4.69) is 24.0 Å². The summed E-state index contributed by atoms with van der Waals surface area (Å²) in [6.45, 7) is -0.255. The van der Waals surface area contributed by atoms with Gasteiger partial charge in [-0.1, -0.05) is 17.4 Å². The second kappa shape index (κ2) is 13.3. The van der Waals surface area contributed by atoms with Crippen LogP contribution < -0.4 is 20.5 Å². The molecule has 9 nitrogen and oxygen atoms in total. The number of hydrogen-bond acceptors (Lipinski definition) is 8. The molecule has 0 saturated heterocycles. The number of benzene rings is 2. The molecule has 16 heteroatoms. The lowest BCUT2D eigenvalue weighted by Crippen LogP contribution is -2.16. The van der Waals surface area contributed by atoms with E-state index in [-0.39, 0.29) is 40.3 Å². The van der Waals surface area contributed by atoms with Gasteiger partial charge in [0.05, 0.1) is 31.4 Å². The average Bonchev–Trinajstić information content (AvgIpc) is 3.33. The Morgan fingerprint density at radius 3 is 2.37 bits per heavy atom. The van der Waals surface area contributed by atoms with E-state index >= 15 is 0 Å². The Labute approximate surface area is 221 Å². The van der Waals surface area contributed by atoms with Gasteiger partial charge >= 0.3 is 14.0 Å². The Bertz CT molecular complexity index is 1270. The van der Waals surface area contributed by atoms with E-state index < -0.39 is 38.0 Å². The second-order valence-corrected chi connectivity index (χ2v) is 10.9. The van der Waals surface area contributed by atoms with Gasteiger partial charge in [-0.25, -0.2) is 8.96 Å². The van der Waals surface area contributed by atoms with Crippen molar-refractivity contribution in [1.82, 2.24) is 10.2 Å². The predicted octanol–water partition coefficient (Wildman–Crippen LogP) is 4.60. The van der Waals surface area contributed by atoms with Gasteiger partial charge in [-0.2, -0.15) is 13.2 Å². The Hall–Kier alpha value is -2.18. The van der Waals surface area contributed by atoms with E-state index in [4.69, 9.17) is 25.0 Å². The zero-order valence-corrected chi connectivity index (χ0v) is 22.6. The van der Waals surface area contributed by atoms with E-state index in [1.165, 1.54) is 18.2 Å². The molecule has 1 aromatic heterocycles. The number of rotatable bonds is 13. The van der Waals surface area contributed by atoms with Crippen LogP contribution in [0.1, 0.15) is 35.9 Å². The fraction of sp³-hybridized carbons (Fsp3) is 0.364. The van der Waals surface area contributed by atoms with Crippen LogP contribution in [-0.2, 0) is 15.3 Å². The molecule has 4 N–H and O–H groups in total. The molecular weight excluding hydrogens is 572 g/mol. The standard InChI is InChI=1S/C22H25F4N3O6P2S/c23-16-6-5-14(36)11-19(16)34-9-3-1-2-8-33-18-7-4-13(10-15(18)22(24,25)26)20-28-29-21(38-20)17(27)12-35-37(30,31)32/h4-7,10-11,17H,1-3,8-9,12,27,36H2,(H2,30,31,32). The smallest absolute Gasteiger partial charge is 0.469 e. The van der Waals surface area contributed by atoms with E-state index in [0.717, 1.165) is 22.7 Å². The molecule has 0 fully saturated rings. The third kappa shape index (κ3) is 9.23. The van der Waals surface area contributed by atoms with Crippen LogP contribution in [0, 0.1) is 5.82 Å². The van der Waals surface area contributed by atoms with Crippen molar-refractivity contribution < 1.29 is 45.9 Å². The first-order valence-corrected chi connectivity index (χ1v) is 14.1. The van der Waals surface area contributed by atoms with E-state index in [1.54, 1.807) is 12.1 Å². The Kier molecular flexibility index (Phi) is 10.6. The minimum absolute atomic E-state index is 0.0370. The average molecular weight is 597 g/mol. The lowest BCUT2D eigenvalue weighted by molar-refractivity contribution is -0.138. The zero-order chi connectivity index (χ0) is 27.9. The number of alkyl halides is 3. The number of aromatic nitrogens is 2. The molecule has 0 bridgehead atoms. The highest BCUT2D eigenvalue weighted by molar-refractivity contribution is 7.46. The van der Waals surface area contributed by atoms with Crippen molar-refractivity contribution in [2.24, 2.45) is 5.73 Å². The van der Waals surface area contributed by atoms with Crippen molar-refractivity contribution in [2.45, 2.75) is 31.5 Å². The number of ether oxygens (including phenoxy) is 2. The SMILES string of the molecule is NC(COP(=O)(O)O)c1nnc(-c2ccc(OCCCCCOc3cc(P)ccc3F)c(C(F)(F)F)c2)s1. The molecule has 208 valence electrons. The first-order valence-electron chi connectivity index (χ1n) is 11.1. The van der Waals surface area contributed by atoms with E-state index in [1.807, 2.05) is 0 Å². The van der Waals surface area contributed by atoms with Gasteiger partial charge in [0.25, 0.3) is 0 Å². The molecule has 0 saturated carbocycles. The van der Waals surface area contributed by atoms with Crippen LogP contribution in [0.3, 0.4) is 0 Å². The predicted molar refractivity (Wildman–Crippen MR) is 136 cm³/mol. The largest absolute Gasteiger partial charge is 0.493 e. The first kappa shape index (κ1) is 30.4. The summed E-state index contributed by atoms with van der Waals surface area (Å²) in [6, 6.07) is 6.91. The van der Waals surface area contributed by atoms with Gasteiger partial charge in [0.15, 0.2) is 11.6 Å². The van der Waals surface area contributed by atoms with Gasteiger partial charge in [-0.05, 0) is 54.9 Å². The van der Waals surface area contributed by atoms with Gasteiger partial charge < -0.3 is 25.0 Å². The molecule has 38 heavy (non-hydrogen) atoms. The number of unbranched alkanes of at least 4 members (excludes halogenated alkanes) is 2. The summed E-state index contributed by atoms with van der Waals surface area (Å²) < 4.78 is 80.8. The number of nitrogens with two attached hydrogens (primary N) is 1. The summed E-state index contributed by atoms with van der Waals surface area (Å²) in [4.78, 5) is 17.5. The maximum Gasteiger partial charge on any atom is 0.469 e. The van der Waals surface area contributed by atoms with Gasteiger partial charge in [0.1, 0.15) is 15.8 Å². The lowest BCUT2D eigenvalue weighted by Gasteiger charge is -2.15. The molecule has 0 spiro atoms. The summed E-state index contributed by atoms with van der Waals surface area (Å²) in [6.07, 6.45) is -3.07. The topological polar surface area (TPSA) is 137 Å². The molecule has 0 aliphatic carbocycles. The van der Waals surface area contributed by atoms with Gasteiger partial charge in [0.2, 0.25) is 0 Å². The summed E-state index contributed by atoms with van der Waals surface area (Å²) in [5.74, 6) is -0.667. The third-order valence-corrected chi connectivity index (χ3v) is 6.92. The third-order valence-electron chi connectivity index (χ3n) is 4.97. The van der Waals surface area contributed by atoms with Crippen LogP contribution in [0.4, 0.5) is 17.6 Å². The van der Waals surface area contributed by atoms with Crippen LogP contribution >= 0.6 is 28.4 Å². The maximum absolute atomic E-state index is 13.7. The van der Waals surface area contributed by atoms with Crippen molar-refractivity contribution in [3.8, 4) is 22.1 Å². The van der Waals surface area contributed by atoms with Crippen LogP contribution in [0.25, 0.3) is 10.6 Å². The number of phosphoric ester groups is 1. The summed E-state index contributed by atoms with van der Waals surface area (Å²) >= 11 is 0.874. The molecule has 2 atom stereocenters. The number of hydrogen-bond donors (Lipinski definition) is 3. The molecule has 2 aromatic carbocycles. The van der Waals surface area contributed by atoms with E-state index in [0.29, 0.717) is 19.3 Å². The highest BCUT2D eigenvalue weighted by Gasteiger charge is 2.35. The molecule has 0 aliphatic heterocycles. The van der Waals surface area contributed by atoms with Crippen molar-refractivity contribution in [3.05, 3.63) is 52.8 Å². The minimum atomic E-state index is -4.74. The van der Waals surface area contributed by atoms with Crippen LogP contribution in [0.5, 0.6) is 11.5 Å². The monoisotopic (exact) mass is 597 g/mol. The summed E-state index contributed by atoms with van der Waals surface area (Å²) in [5.41, 5.74) is 4.90. The maximum atomic E-state index is 13.7. The molecular formula is C22H25F4N3O6P2S. The number of nitrogens with zero attached hydrogens (tertiary/aromatic N) is 2. The van der Waals surface area contributed by atoms with Gasteiger partial charge in [0, 0.05) is 5.56 Å². The molecule has 2 unspecified atom stereocenters. The zero-order valence-electron chi connectivity index (χ0n) is 19.7. The van der Waals surface area contributed by atoms with Gasteiger partial charge in [-0.15, -0.1) is 19.4 Å². The number of phosphoric acid groups is 1. The second-order valence-electron chi connectivity index (χ2n) is 7.99. The van der Waals surface area contributed by atoms with Crippen molar-refractivity contribution >= 4 is 33.7 Å². The first-order chi connectivity index (χ1) is 17.8. The van der Waals surface area contributed by atoms with Crippen LogP contribution in [0.15, 0.2) is 36.4 Å². The highest BCUT2D eigenvalue weighted by Crippen LogP contribution is 2.40. The quantitative estimate of drug-likeness (QED) is 0.147. The van der Waals surface area contributed by atoms with Gasteiger partial charge in [-0.3, -0.25) is 4.52 Å². The molecule has 3 aromatic rings. The Balaban J connectivity index is 1.55. The molecule has 0 aliphatic rings. The summed E-state index contributed by atoms with van der Waals surface area (Å²) in [7, 11) is -2.29. The lowest BCUT2D eigenvalue weighted by atomic mass is 10.1. The highest BCUT2D eigenvalue weighted by atomic mass is 32.1. The Morgan fingerprint density at radius 1 is 1.03 bits per heavy atom. The molecule has 3 rings (SSSR count). The van der Waals surface area contributed by atoms with E-state index in [9.17, 15) is 22.1 Å². The molecule has 1 heterocycles. The van der Waals surface area contributed by atoms with Crippen LogP contribution in [0.2, 0.25) is 0 Å². The molecule has 0 amide bonds. The van der Waals surface area contributed by atoms with Crippen molar-refractivity contribution in [2.75, 3.05) is 19.8 Å². The molecule has 0 radical (unpaired) electrons.